The molecule has 88 valence electrons. The van der Waals surface area contributed by atoms with E-state index in [0.29, 0.717) is 19.0 Å². The van der Waals surface area contributed by atoms with E-state index < -0.39 is 12.5 Å². The minimum absolute atomic E-state index is 0.372. The number of amides is 2. The summed E-state index contributed by atoms with van der Waals surface area (Å²) in [6, 6.07) is -0.372. The third-order valence-electron chi connectivity index (χ3n) is 2.62. The summed E-state index contributed by atoms with van der Waals surface area (Å²) in [6.45, 7) is 3.68. The Morgan fingerprint density at radius 2 is 2.00 bits per heavy atom. The molecule has 5 heteroatoms. The smallest absolute Gasteiger partial charge is 0.317 e. The second-order valence-electron chi connectivity index (χ2n) is 4.40. The van der Waals surface area contributed by atoms with E-state index in [1.807, 2.05) is 0 Å². The van der Waals surface area contributed by atoms with E-state index in [2.05, 4.69) is 12.2 Å². The average molecular weight is 220 g/mol. The van der Waals surface area contributed by atoms with Gasteiger partial charge < -0.3 is 10.2 Å². The first kappa shape index (κ1) is 12.2. The molecule has 1 saturated heterocycles. The van der Waals surface area contributed by atoms with Crippen molar-refractivity contribution in [3.05, 3.63) is 0 Å². The number of urea groups is 1. The Morgan fingerprint density at radius 1 is 1.47 bits per heavy atom. The van der Waals surface area contributed by atoms with E-state index in [1.54, 1.807) is 4.90 Å². The van der Waals surface area contributed by atoms with Gasteiger partial charge in [-0.3, -0.25) is 0 Å². The molecule has 1 heterocycles. The minimum Gasteiger partial charge on any atom is -0.332 e. The van der Waals surface area contributed by atoms with Crippen LogP contribution in [0, 0.1) is 5.92 Å². The summed E-state index contributed by atoms with van der Waals surface area (Å²) in [5, 5.41) is 2.24. The number of piperidine rings is 1. The standard InChI is InChI=1S/C10H18F2N2O/c1-8-3-5-14(6-4-8)9(15)13-7-10(2,11)12/h8H,3-7H2,1-2H3,(H,13,15). The van der Waals surface area contributed by atoms with Gasteiger partial charge in [0.25, 0.3) is 5.92 Å². The van der Waals surface area contributed by atoms with Gasteiger partial charge in [-0.25, -0.2) is 13.6 Å². The number of hydrogen-bond donors (Lipinski definition) is 1. The van der Waals surface area contributed by atoms with Gasteiger partial charge in [0.2, 0.25) is 0 Å². The largest absolute Gasteiger partial charge is 0.332 e. The average Bonchev–Trinajstić information content (AvgIpc) is 2.14. The molecule has 1 aliphatic rings. The number of halogens is 2. The van der Waals surface area contributed by atoms with E-state index in [4.69, 9.17) is 0 Å². The topological polar surface area (TPSA) is 32.3 Å². The van der Waals surface area contributed by atoms with Crippen LogP contribution in [-0.2, 0) is 0 Å². The molecule has 0 aromatic rings. The Hall–Kier alpha value is -0.870. The SMILES string of the molecule is CC1CCN(C(=O)NCC(C)(F)F)CC1. The molecular weight excluding hydrogens is 202 g/mol. The lowest BCUT2D eigenvalue weighted by Gasteiger charge is -2.30. The second-order valence-corrected chi connectivity index (χ2v) is 4.40. The Bertz CT molecular complexity index is 220. The maximum Gasteiger partial charge on any atom is 0.317 e. The molecule has 0 aliphatic carbocycles. The monoisotopic (exact) mass is 220 g/mol. The van der Waals surface area contributed by atoms with Gasteiger partial charge in [-0.05, 0) is 18.8 Å². The number of carbonyl (C=O) groups excluding carboxylic acids is 1. The lowest BCUT2D eigenvalue weighted by Crippen LogP contribution is -2.46. The van der Waals surface area contributed by atoms with Crippen molar-refractivity contribution in [3.63, 3.8) is 0 Å². The highest BCUT2D eigenvalue weighted by Crippen LogP contribution is 2.16. The molecule has 15 heavy (non-hydrogen) atoms. The summed E-state index contributed by atoms with van der Waals surface area (Å²) in [4.78, 5) is 13.0. The maximum atomic E-state index is 12.5. The quantitative estimate of drug-likeness (QED) is 0.759. The highest BCUT2D eigenvalue weighted by atomic mass is 19.3. The second kappa shape index (κ2) is 4.77. The van der Waals surface area contributed by atoms with Gasteiger partial charge in [0.1, 0.15) is 0 Å². The van der Waals surface area contributed by atoms with Crippen LogP contribution in [0.2, 0.25) is 0 Å². The van der Waals surface area contributed by atoms with Crippen molar-refractivity contribution >= 4 is 6.03 Å². The predicted molar refractivity (Wildman–Crippen MR) is 54.0 cm³/mol. The Kier molecular flexibility index (Phi) is 3.88. The molecule has 3 nitrogen and oxygen atoms in total. The van der Waals surface area contributed by atoms with Crippen LogP contribution < -0.4 is 5.32 Å². The van der Waals surface area contributed by atoms with Crippen LogP contribution in [-0.4, -0.2) is 36.5 Å². The van der Waals surface area contributed by atoms with Crippen molar-refractivity contribution in [2.75, 3.05) is 19.6 Å². The number of alkyl halides is 2. The summed E-state index contributed by atoms with van der Waals surface area (Å²) in [5.41, 5.74) is 0. The third-order valence-corrected chi connectivity index (χ3v) is 2.62. The van der Waals surface area contributed by atoms with Crippen molar-refractivity contribution in [1.82, 2.24) is 10.2 Å². The lowest BCUT2D eigenvalue weighted by molar-refractivity contribution is 0.0235. The molecule has 0 aromatic heterocycles. The molecule has 1 fully saturated rings. The van der Waals surface area contributed by atoms with Gasteiger partial charge in [0, 0.05) is 20.0 Å². The maximum absolute atomic E-state index is 12.5. The zero-order valence-corrected chi connectivity index (χ0v) is 9.22. The zero-order chi connectivity index (χ0) is 11.5. The first-order valence-electron chi connectivity index (χ1n) is 5.29. The molecule has 1 rings (SSSR count). The highest BCUT2D eigenvalue weighted by Gasteiger charge is 2.25. The van der Waals surface area contributed by atoms with Crippen molar-refractivity contribution in [2.24, 2.45) is 5.92 Å². The number of hydrogen-bond acceptors (Lipinski definition) is 1. The van der Waals surface area contributed by atoms with E-state index in [1.165, 1.54) is 0 Å². The van der Waals surface area contributed by atoms with Crippen LogP contribution in [0.15, 0.2) is 0 Å². The Labute approximate surface area is 88.8 Å². The molecule has 0 spiro atoms. The lowest BCUT2D eigenvalue weighted by atomic mass is 10.00. The number of carbonyl (C=O) groups is 1. The fourth-order valence-electron chi connectivity index (χ4n) is 1.55. The molecule has 1 N–H and O–H groups in total. The fraction of sp³-hybridized carbons (Fsp3) is 0.900. The third kappa shape index (κ3) is 4.44. The summed E-state index contributed by atoms with van der Waals surface area (Å²) < 4.78 is 25.0. The Morgan fingerprint density at radius 3 is 2.47 bits per heavy atom. The number of nitrogens with zero attached hydrogens (tertiary/aromatic N) is 1. The van der Waals surface area contributed by atoms with Crippen LogP contribution in [0.5, 0.6) is 0 Å². The first-order chi connectivity index (χ1) is 6.88. The molecule has 0 radical (unpaired) electrons. The number of rotatable bonds is 2. The molecule has 0 atom stereocenters. The van der Waals surface area contributed by atoms with E-state index in [-0.39, 0.29) is 6.03 Å². The van der Waals surface area contributed by atoms with Crippen molar-refractivity contribution in [1.29, 1.82) is 0 Å². The van der Waals surface area contributed by atoms with Crippen LogP contribution in [0.25, 0.3) is 0 Å². The Balaban J connectivity index is 2.29. The van der Waals surface area contributed by atoms with Crippen LogP contribution in [0.1, 0.15) is 26.7 Å². The number of likely N-dealkylation sites (tertiary alicyclic amines) is 1. The molecule has 0 bridgehead atoms. The summed E-state index contributed by atoms with van der Waals surface area (Å²) in [7, 11) is 0. The van der Waals surface area contributed by atoms with Gasteiger partial charge in [-0.2, -0.15) is 0 Å². The molecule has 0 aromatic carbocycles. The minimum atomic E-state index is -2.83. The number of nitrogens with one attached hydrogen (secondary N) is 1. The molecule has 1 aliphatic heterocycles. The van der Waals surface area contributed by atoms with Crippen molar-refractivity contribution in [3.8, 4) is 0 Å². The summed E-state index contributed by atoms with van der Waals surface area (Å²) >= 11 is 0. The molecular formula is C10H18F2N2O. The van der Waals surface area contributed by atoms with E-state index in [0.717, 1.165) is 19.8 Å². The van der Waals surface area contributed by atoms with Gasteiger partial charge >= 0.3 is 6.03 Å². The van der Waals surface area contributed by atoms with Crippen molar-refractivity contribution < 1.29 is 13.6 Å². The molecule has 2 amide bonds. The zero-order valence-electron chi connectivity index (χ0n) is 9.22. The predicted octanol–water partition coefficient (Wildman–Crippen LogP) is 2.08. The van der Waals surface area contributed by atoms with Crippen molar-refractivity contribution in [2.45, 2.75) is 32.6 Å². The molecule has 0 unspecified atom stereocenters. The van der Waals surface area contributed by atoms with E-state index >= 15 is 0 Å². The highest BCUT2D eigenvalue weighted by molar-refractivity contribution is 5.74. The van der Waals surface area contributed by atoms with Gasteiger partial charge in [-0.1, -0.05) is 6.92 Å². The van der Waals surface area contributed by atoms with Gasteiger partial charge in [0.05, 0.1) is 6.54 Å². The summed E-state index contributed by atoms with van der Waals surface area (Å²) in [6.07, 6.45) is 1.91. The molecule has 0 saturated carbocycles. The van der Waals surface area contributed by atoms with Crippen LogP contribution in [0.3, 0.4) is 0 Å². The van der Waals surface area contributed by atoms with Gasteiger partial charge in [-0.15, -0.1) is 0 Å². The van der Waals surface area contributed by atoms with Gasteiger partial charge in [0.15, 0.2) is 0 Å². The van der Waals surface area contributed by atoms with Crippen LogP contribution in [0.4, 0.5) is 13.6 Å². The van der Waals surface area contributed by atoms with E-state index in [9.17, 15) is 13.6 Å². The van der Waals surface area contributed by atoms with Crippen LogP contribution >= 0.6 is 0 Å². The summed E-state index contributed by atoms with van der Waals surface area (Å²) in [5.74, 6) is -2.21. The first-order valence-corrected chi connectivity index (χ1v) is 5.29. The normalized spacial score (nSPS) is 19.1. The fourth-order valence-corrected chi connectivity index (χ4v) is 1.55.